The molecule has 1 spiro atoms. The van der Waals surface area contributed by atoms with Gasteiger partial charge in [0.25, 0.3) is 0 Å². The molecule has 1 saturated carbocycles. The van der Waals surface area contributed by atoms with Crippen molar-refractivity contribution in [2.24, 2.45) is 11.3 Å². The van der Waals surface area contributed by atoms with Crippen LogP contribution < -0.4 is 5.32 Å². The molecular formula is C29H36N2O. The van der Waals surface area contributed by atoms with Crippen LogP contribution >= 0.6 is 0 Å². The number of allylic oxidation sites excluding steroid dienone is 1. The van der Waals surface area contributed by atoms with Gasteiger partial charge in [-0.2, -0.15) is 0 Å². The molecule has 1 heterocycles. The van der Waals surface area contributed by atoms with Crippen LogP contribution in [-0.4, -0.2) is 29.9 Å². The van der Waals surface area contributed by atoms with E-state index in [4.69, 9.17) is 0 Å². The Morgan fingerprint density at radius 3 is 2.62 bits per heavy atom. The number of likely N-dealkylation sites (tertiary alicyclic amines) is 1. The number of hydrogen-bond acceptors (Lipinski definition) is 2. The average Bonchev–Trinajstić information content (AvgIpc) is 3.39. The van der Waals surface area contributed by atoms with E-state index in [0.717, 1.165) is 32.4 Å². The molecule has 2 unspecified atom stereocenters. The molecule has 3 heteroatoms. The second kappa shape index (κ2) is 8.19. The number of amides is 1. The third-order valence-corrected chi connectivity index (χ3v) is 8.65. The van der Waals surface area contributed by atoms with Crippen molar-refractivity contribution < 1.29 is 4.79 Å². The molecule has 2 fully saturated rings. The van der Waals surface area contributed by atoms with Crippen LogP contribution in [0.5, 0.6) is 0 Å². The zero-order valence-corrected chi connectivity index (χ0v) is 19.7. The van der Waals surface area contributed by atoms with Gasteiger partial charge in [-0.25, -0.2) is 0 Å². The molecule has 3 nitrogen and oxygen atoms in total. The zero-order chi connectivity index (χ0) is 22.3. The Kier molecular flexibility index (Phi) is 5.49. The smallest absolute Gasteiger partial charge is 0.226 e. The number of rotatable bonds is 4. The first kappa shape index (κ1) is 21.5. The Hall–Kier alpha value is -2.39. The molecule has 2 aliphatic carbocycles. The summed E-state index contributed by atoms with van der Waals surface area (Å²) >= 11 is 0. The lowest BCUT2D eigenvalue weighted by molar-refractivity contribution is -0.130. The highest BCUT2D eigenvalue weighted by Gasteiger charge is 2.48. The summed E-state index contributed by atoms with van der Waals surface area (Å²) < 4.78 is 0. The van der Waals surface area contributed by atoms with Crippen LogP contribution in [0, 0.1) is 11.3 Å². The summed E-state index contributed by atoms with van der Waals surface area (Å²) in [5.41, 5.74) is 3.99. The van der Waals surface area contributed by atoms with Crippen LogP contribution in [0.3, 0.4) is 0 Å². The Morgan fingerprint density at radius 2 is 1.84 bits per heavy atom. The van der Waals surface area contributed by atoms with Gasteiger partial charge in [-0.1, -0.05) is 80.6 Å². The van der Waals surface area contributed by atoms with Gasteiger partial charge in [-0.3, -0.25) is 9.69 Å². The molecule has 0 aromatic heterocycles. The van der Waals surface area contributed by atoms with Gasteiger partial charge in [0.05, 0.1) is 6.04 Å². The number of fused-ring (bicyclic) bond motifs is 2. The first-order chi connectivity index (χ1) is 15.4. The SMILES string of the molecule is C[C@H](NC(=O)C1(C)CCC(N2CC[C@@]3(C=Cc4ccccc43)[C@@H](C)C2)C1)c1ccccc1. The summed E-state index contributed by atoms with van der Waals surface area (Å²) in [5, 5.41) is 3.29. The summed E-state index contributed by atoms with van der Waals surface area (Å²) in [7, 11) is 0. The third kappa shape index (κ3) is 3.61. The molecule has 32 heavy (non-hydrogen) atoms. The van der Waals surface area contributed by atoms with Gasteiger partial charge >= 0.3 is 0 Å². The van der Waals surface area contributed by atoms with E-state index < -0.39 is 0 Å². The number of nitrogens with one attached hydrogen (secondary N) is 1. The molecular weight excluding hydrogens is 392 g/mol. The first-order valence-corrected chi connectivity index (χ1v) is 12.3. The molecule has 2 aromatic carbocycles. The second-order valence-electron chi connectivity index (χ2n) is 10.7. The lowest BCUT2D eigenvalue weighted by atomic mass is 9.68. The van der Waals surface area contributed by atoms with Gasteiger partial charge in [0.1, 0.15) is 0 Å². The quantitative estimate of drug-likeness (QED) is 0.674. The molecule has 5 atom stereocenters. The second-order valence-corrected chi connectivity index (χ2v) is 10.7. The van der Waals surface area contributed by atoms with E-state index in [1.165, 1.54) is 23.1 Å². The first-order valence-electron chi connectivity index (χ1n) is 12.3. The Morgan fingerprint density at radius 1 is 1.09 bits per heavy atom. The van der Waals surface area contributed by atoms with Crippen molar-refractivity contribution in [3.05, 3.63) is 77.4 Å². The highest BCUT2D eigenvalue weighted by molar-refractivity contribution is 5.83. The number of hydrogen-bond donors (Lipinski definition) is 1. The van der Waals surface area contributed by atoms with E-state index >= 15 is 0 Å². The molecule has 3 aliphatic rings. The molecule has 1 saturated heterocycles. The Labute approximate surface area is 192 Å². The van der Waals surface area contributed by atoms with Gasteiger partial charge in [0.15, 0.2) is 0 Å². The zero-order valence-electron chi connectivity index (χ0n) is 19.7. The van der Waals surface area contributed by atoms with E-state index in [-0.39, 0.29) is 22.8 Å². The lowest BCUT2D eigenvalue weighted by Gasteiger charge is -2.46. The van der Waals surface area contributed by atoms with E-state index in [0.29, 0.717) is 12.0 Å². The Bertz CT molecular complexity index is 1010. The van der Waals surface area contributed by atoms with Crippen molar-refractivity contribution in [1.82, 2.24) is 10.2 Å². The minimum Gasteiger partial charge on any atom is -0.349 e. The van der Waals surface area contributed by atoms with Crippen molar-refractivity contribution >= 4 is 12.0 Å². The predicted octanol–water partition coefficient (Wildman–Crippen LogP) is 5.73. The van der Waals surface area contributed by atoms with Gasteiger partial charge < -0.3 is 5.32 Å². The maximum atomic E-state index is 13.2. The Balaban J connectivity index is 1.23. The van der Waals surface area contributed by atoms with Crippen LogP contribution in [0.1, 0.15) is 69.2 Å². The number of nitrogens with zero attached hydrogens (tertiary/aromatic N) is 1. The molecule has 5 rings (SSSR count). The van der Waals surface area contributed by atoms with Gasteiger partial charge in [-0.05, 0) is 61.8 Å². The minimum absolute atomic E-state index is 0.0451. The molecule has 2 aromatic rings. The fourth-order valence-electron chi connectivity index (χ4n) is 6.48. The highest BCUT2D eigenvalue weighted by Crippen LogP contribution is 2.49. The van der Waals surface area contributed by atoms with Crippen molar-refractivity contribution in [1.29, 1.82) is 0 Å². The minimum atomic E-state index is -0.272. The standard InChI is InChI=1S/C29H36N2O/c1-21-20-31(18-17-29(21)16-13-24-11-7-8-12-26(24)29)25-14-15-28(3,19-25)27(32)30-22(2)23-9-5-4-6-10-23/h4-13,16,21-22,25H,14-15,17-20H2,1-3H3,(H,30,32)/t21-,22-,25?,28?,29-/m0/s1. The van der Waals surface area contributed by atoms with Crippen LogP contribution in [-0.2, 0) is 10.2 Å². The van der Waals surface area contributed by atoms with E-state index in [1.54, 1.807) is 0 Å². The highest BCUT2D eigenvalue weighted by atomic mass is 16.2. The van der Waals surface area contributed by atoms with Gasteiger partial charge in [0, 0.05) is 23.4 Å². The lowest BCUT2D eigenvalue weighted by Crippen LogP contribution is -2.50. The summed E-state index contributed by atoms with van der Waals surface area (Å²) in [6.45, 7) is 8.90. The van der Waals surface area contributed by atoms with Gasteiger partial charge in [0.2, 0.25) is 5.91 Å². The summed E-state index contributed by atoms with van der Waals surface area (Å²) in [6.07, 6.45) is 9.03. The monoisotopic (exact) mass is 428 g/mol. The van der Waals surface area contributed by atoms with Crippen molar-refractivity contribution in [3.8, 4) is 0 Å². The molecule has 0 radical (unpaired) electrons. The van der Waals surface area contributed by atoms with Crippen molar-refractivity contribution in [2.75, 3.05) is 13.1 Å². The van der Waals surface area contributed by atoms with Crippen molar-refractivity contribution in [3.63, 3.8) is 0 Å². The van der Waals surface area contributed by atoms with Gasteiger partial charge in [-0.15, -0.1) is 0 Å². The van der Waals surface area contributed by atoms with Crippen LogP contribution in [0.4, 0.5) is 0 Å². The van der Waals surface area contributed by atoms with Crippen LogP contribution in [0.2, 0.25) is 0 Å². The molecule has 0 bridgehead atoms. The molecule has 168 valence electrons. The maximum Gasteiger partial charge on any atom is 0.226 e. The van der Waals surface area contributed by atoms with Crippen LogP contribution in [0.25, 0.3) is 6.08 Å². The normalized spacial score (nSPS) is 32.7. The van der Waals surface area contributed by atoms with E-state index in [2.05, 4.69) is 79.5 Å². The van der Waals surface area contributed by atoms with E-state index in [9.17, 15) is 4.79 Å². The number of carbonyl (C=O) groups excluding carboxylic acids is 1. The molecule has 1 amide bonds. The third-order valence-electron chi connectivity index (χ3n) is 8.65. The van der Waals surface area contributed by atoms with Crippen LogP contribution in [0.15, 0.2) is 60.7 Å². The topological polar surface area (TPSA) is 32.3 Å². The number of carbonyl (C=O) groups is 1. The largest absolute Gasteiger partial charge is 0.349 e. The number of piperidine rings is 1. The fourth-order valence-corrected chi connectivity index (χ4v) is 6.48. The van der Waals surface area contributed by atoms with Crippen molar-refractivity contribution in [2.45, 2.75) is 64.0 Å². The summed E-state index contributed by atoms with van der Waals surface area (Å²) in [4.78, 5) is 15.9. The van der Waals surface area contributed by atoms with E-state index in [1.807, 2.05) is 18.2 Å². The molecule has 1 aliphatic heterocycles. The fraction of sp³-hybridized carbons (Fsp3) is 0.483. The predicted molar refractivity (Wildman–Crippen MR) is 131 cm³/mol. The maximum absolute atomic E-state index is 13.2. The number of benzene rings is 2. The average molecular weight is 429 g/mol. The summed E-state index contributed by atoms with van der Waals surface area (Å²) in [6, 6.07) is 19.7. The molecule has 1 N–H and O–H groups in total. The summed E-state index contributed by atoms with van der Waals surface area (Å²) in [5.74, 6) is 0.792.